The summed E-state index contributed by atoms with van der Waals surface area (Å²) in [5.41, 5.74) is 0.629. The molecule has 2 aromatic carbocycles. The summed E-state index contributed by atoms with van der Waals surface area (Å²) in [6.45, 7) is -0.238. The molecule has 1 N–H and O–H groups in total. The zero-order chi connectivity index (χ0) is 23.6. The molecule has 2 heterocycles. The number of rotatable bonds is 8. The summed E-state index contributed by atoms with van der Waals surface area (Å²) in [5, 5.41) is 3.85. The van der Waals surface area contributed by atoms with Crippen LogP contribution < -0.4 is 5.32 Å². The van der Waals surface area contributed by atoms with Crippen molar-refractivity contribution in [2.24, 2.45) is 0 Å². The van der Waals surface area contributed by atoms with Crippen LogP contribution in [0.5, 0.6) is 0 Å². The molecule has 1 aliphatic heterocycles. The number of nitrogens with one attached hydrogen (secondary N) is 1. The first-order chi connectivity index (χ1) is 15.8. The Balaban J connectivity index is 1.43. The van der Waals surface area contributed by atoms with E-state index in [0.29, 0.717) is 21.0 Å². The van der Waals surface area contributed by atoms with E-state index in [-0.39, 0.29) is 24.4 Å². The number of carbonyl (C=O) groups excluding carboxylic acids is 3. The Hall–Kier alpha value is -3.01. The van der Waals surface area contributed by atoms with E-state index in [2.05, 4.69) is 5.32 Å². The highest BCUT2D eigenvalue weighted by Crippen LogP contribution is 2.32. The van der Waals surface area contributed by atoms with Crippen LogP contribution in [0.3, 0.4) is 0 Å². The Kier molecular flexibility index (Phi) is 6.64. The van der Waals surface area contributed by atoms with Crippen molar-refractivity contribution in [3.63, 3.8) is 0 Å². The standard InChI is InChI=1S/C23H19ClN2O5S2/c24-15-7-9-16(10-8-15)33(30,31)20(19-6-3-13-32-19)14-25-21(27)11-12-26-22(28)17-4-1-2-5-18(17)23(26)29/h1-10,13,20H,11-12,14H2,(H,25,27). The van der Waals surface area contributed by atoms with Crippen LogP contribution in [0, 0.1) is 0 Å². The van der Waals surface area contributed by atoms with E-state index < -0.39 is 32.8 Å². The molecule has 3 amide bonds. The molecule has 0 fully saturated rings. The van der Waals surface area contributed by atoms with E-state index in [9.17, 15) is 22.8 Å². The lowest BCUT2D eigenvalue weighted by Crippen LogP contribution is -2.36. The number of halogens is 1. The number of imide groups is 1. The summed E-state index contributed by atoms with van der Waals surface area (Å²) in [4.78, 5) is 39.1. The number of sulfone groups is 1. The molecular formula is C23H19ClN2O5S2. The van der Waals surface area contributed by atoms with Gasteiger partial charge in [-0.3, -0.25) is 19.3 Å². The first-order valence-corrected chi connectivity index (χ1v) is 12.8. The molecule has 0 aliphatic carbocycles. The van der Waals surface area contributed by atoms with Crippen molar-refractivity contribution in [1.29, 1.82) is 0 Å². The van der Waals surface area contributed by atoms with Gasteiger partial charge in [-0.15, -0.1) is 11.3 Å². The Morgan fingerprint density at radius 3 is 2.18 bits per heavy atom. The SMILES string of the molecule is O=C(CCN1C(=O)c2ccccc2C1=O)NCC(c1cccs1)S(=O)(=O)c1ccc(Cl)cc1. The number of carbonyl (C=O) groups is 3. The maximum absolute atomic E-state index is 13.2. The van der Waals surface area contributed by atoms with Gasteiger partial charge in [-0.25, -0.2) is 8.42 Å². The normalized spacial score (nSPS) is 14.3. The molecule has 0 radical (unpaired) electrons. The highest BCUT2D eigenvalue weighted by molar-refractivity contribution is 7.91. The smallest absolute Gasteiger partial charge is 0.261 e. The summed E-state index contributed by atoms with van der Waals surface area (Å²) < 4.78 is 26.5. The molecular weight excluding hydrogens is 484 g/mol. The van der Waals surface area contributed by atoms with Crippen LogP contribution in [0.4, 0.5) is 0 Å². The third kappa shape index (κ3) is 4.71. The van der Waals surface area contributed by atoms with E-state index in [1.54, 1.807) is 41.8 Å². The van der Waals surface area contributed by atoms with Crippen molar-refractivity contribution in [1.82, 2.24) is 10.2 Å². The quantitative estimate of drug-likeness (QED) is 0.473. The van der Waals surface area contributed by atoms with E-state index in [1.807, 2.05) is 0 Å². The number of hydrogen-bond acceptors (Lipinski definition) is 6. The molecule has 1 aromatic heterocycles. The van der Waals surface area contributed by atoms with Crippen molar-refractivity contribution >= 4 is 50.5 Å². The number of hydrogen-bond donors (Lipinski definition) is 1. The maximum Gasteiger partial charge on any atom is 0.261 e. The van der Waals surface area contributed by atoms with Crippen LogP contribution in [0.15, 0.2) is 70.9 Å². The number of fused-ring (bicyclic) bond motifs is 1. The van der Waals surface area contributed by atoms with Crippen molar-refractivity contribution in [2.45, 2.75) is 16.6 Å². The molecule has 1 unspecified atom stereocenters. The Bertz CT molecular complexity index is 1270. The molecule has 4 rings (SSSR count). The molecule has 1 atom stereocenters. The lowest BCUT2D eigenvalue weighted by Gasteiger charge is -2.18. The fraction of sp³-hybridized carbons (Fsp3) is 0.174. The molecule has 3 aromatic rings. The molecule has 33 heavy (non-hydrogen) atoms. The van der Waals surface area contributed by atoms with Crippen LogP contribution >= 0.6 is 22.9 Å². The summed E-state index contributed by atoms with van der Waals surface area (Å²) >= 11 is 7.16. The van der Waals surface area contributed by atoms with Gasteiger partial charge in [0.1, 0.15) is 5.25 Å². The van der Waals surface area contributed by atoms with Gasteiger partial charge >= 0.3 is 0 Å². The van der Waals surface area contributed by atoms with Crippen molar-refractivity contribution in [3.05, 3.63) is 87.1 Å². The molecule has 7 nitrogen and oxygen atoms in total. The number of benzene rings is 2. The fourth-order valence-electron chi connectivity index (χ4n) is 3.58. The molecule has 0 bridgehead atoms. The summed E-state index contributed by atoms with van der Waals surface area (Å²) in [5.74, 6) is -1.34. The van der Waals surface area contributed by atoms with Gasteiger partial charge in [-0.1, -0.05) is 29.8 Å². The minimum Gasteiger partial charge on any atom is -0.354 e. The average Bonchev–Trinajstić information content (AvgIpc) is 3.41. The van der Waals surface area contributed by atoms with Gasteiger partial charge in [-0.2, -0.15) is 0 Å². The Morgan fingerprint density at radius 1 is 0.970 bits per heavy atom. The second-order valence-electron chi connectivity index (χ2n) is 7.36. The minimum absolute atomic E-state index is 0.0915. The van der Waals surface area contributed by atoms with E-state index in [1.165, 1.54) is 35.6 Å². The maximum atomic E-state index is 13.2. The minimum atomic E-state index is -3.80. The molecule has 1 aliphatic rings. The monoisotopic (exact) mass is 502 g/mol. The predicted molar refractivity (Wildman–Crippen MR) is 125 cm³/mol. The van der Waals surface area contributed by atoms with Crippen LogP contribution in [-0.2, 0) is 14.6 Å². The second kappa shape index (κ2) is 9.46. The summed E-state index contributed by atoms with van der Waals surface area (Å²) in [6, 6.07) is 15.8. The van der Waals surface area contributed by atoms with Crippen molar-refractivity contribution < 1.29 is 22.8 Å². The van der Waals surface area contributed by atoms with Gasteiger partial charge in [0.15, 0.2) is 9.84 Å². The third-order valence-corrected chi connectivity index (χ3v) is 8.79. The van der Waals surface area contributed by atoms with E-state index >= 15 is 0 Å². The lowest BCUT2D eigenvalue weighted by molar-refractivity contribution is -0.121. The average molecular weight is 503 g/mol. The van der Waals surface area contributed by atoms with Crippen molar-refractivity contribution in [2.75, 3.05) is 13.1 Å². The van der Waals surface area contributed by atoms with Gasteiger partial charge in [0.05, 0.1) is 16.0 Å². The van der Waals surface area contributed by atoms with E-state index in [4.69, 9.17) is 11.6 Å². The highest BCUT2D eigenvalue weighted by Gasteiger charge is 2.35. The number of nitrogens with zero attached hydrogens (tertiary/aromatic N) is 1. The van der Waals surface area contributed by atoms with Crippen LogP contribution in [0.1, 0.15) is 37.3 Å². The van der Waals surface area contributed by atoms with Crippen LogP contribution in [0.25, 0.3) is 0 Å². The van der Waals surface area contributed by atoms with Gasteiger partial charge in [-0.05, 0) is 47.8 Å². The first kappa shape index (κ1) is 23.2. The summed E-state index contributed by atoms with van der Waals surface area (Å²) in [7, 11) is -3.80. The molecule has 0 saturated carbocycles. The molecule has 170 valence electrons. The van der Waals surface area contributed by atoms with Gasteiger partial charge in [0.25, 0.3) is 11.8 Å². The topological polar surface area (TPSA) is 101 Å². The second-order valence-corrected chi connectivity index (χ2v) is 10.9. The van der Waals surface area contributed by atoms with Gasteiger partial charge < -0.3 is 5.32 Å². The van der Waals surface area contributed by atoms with Gasteiger partial charge in [0, 0.05) is 29.4 Å². The lowest BCUT2D eigenvalue weighted by atomic mass is 10.1. The number of thiophene rings is 1. The Morgan fingerprint density at radius 2 is 1.61 bits per heavy atom. The highest BCUT2D eigenvalue weighted by atomic mass is 35.5. The molecule has 0 saturated heterocycles. The fourth-order valence-corrected chi connectivity index (χ4v) is 6.49. The molecule has 0 spiro atoms. The van der Waals surface area contributed by atoms with Gasteiger partial charge in [0.2, 0.25) is 5.91 Å². The third-order valence-electron chi connectivity index (χ3n) is 5.30. The Labute approximate surface area is 199 Å². The van der Waals surface area contributed by atoms with Crippen molar-refractivity contribution in [3.8, 4) is 0 Å². The summed E-state index contributed by atoms with van der Waals surface area (Å²) in [6.07, 6.45) is -0.135. The predicted octanol–water partition coefficient (Wildman–Crippen LogP) is 3.72. The zero-order valence-electron chi connectivity index (χ0n) is 17.2. The van der Waals surface area contributed by atoms with Crippen LogP contribution in [-0.4, -0.2) is 44.1 Å². The molecule has 10 heteroatoms. The van der Waals surface area contributed by atoms with Crippen LogP contribution in [0.2, 0.25) is 5.02 Å². The van der Waals surface area contributed by atoms with E-state index in [0.717, 1.165) is 4.90 Å². The zero-order valence-corrected chi connectivity index (χ0v) is 19.6. The first-order valence-electron chi connectivity index (χ1n) is 10.0. The number of amides is 3. The largest absolute Gasteiger partial charge is 0.354 e.